The number of methoxy groups -OCH3 is 1. The average molecular weight is 249 g/mol. The number of ether oxygens (including phenoxy) is 2. The molecule has 0 fully saturated rings. The second kappa shape index (κ2) is 6.21. The molecule has 0 saturated carbocycles. The second-order valence-electron chi connectivity index (χ2n) is 4.99. The van der Waals surface area contributed by atoms with Crippen molar-refractivity contribution in [1.82, 2.24) is 5.32 Å². The maximum absolute atomic E-state index is 5.87. The summed E-state index contributed by atoms with van der Waals surface area (Å²) in [5, 5.41) is 3.59. The van der Waals surface area contributed by atoms with E-state index in [4.69, 9.17) is 9.47 Å². The Balaban J connectivity index is 2.14. The number of rotatable bonds is 4. The summed E-state index contributed by atoms with van der Waals surface area (Å²) in [7, 11) is 1.75. The minimum atomic E-state index is 0.238. The van der Waals surface area contributed by atoms with Gasteiger partial charge in [0.1, 0.15) is 5.75 Å². The Morgan fingerprint density at radius 2 is 2.33 bits per heavy atom. The van der Waals surface area contributed by atoms with Gasteiger partial charge in [-0.15, -0.1) is 0 Å². The Kier molecular flexibility index (Phi) is 4.61. The summed E-state index contributed by atoms with van der Waals surface area (Å²) in [5.74, 6) is 1.07. The first-order valence-electron chi connectivity index (χ1n) is 6.71. The van der Waals surface area contributed by atoms with Gasteiger partial charge in [0.2, 0.25) is 0 Å². The van der Waals surface area contributed by atoms with Crippen LogP contribution < -0.4 is 10.1 Å². The molecule has 0 amide bonds. The molecule has 0 saturated heterocycles. The van der Waals surface area contributed by atoms with E-state index < -0.39 is 0 Å². The van der Waals surface area contributed by atoms with E-state index in [9.17, 15) is 0 Å². The van der Waals surface area contributed by atoms with E-state index in [1.54, 1.807) is 7.11 Å². The predicted molar refractivity (Wildman–Crippen MR) is 73.1 cm³/mol. The van der Waals surface area contributed by atoms with Crippen LogP contribution in [0.5, 0.6) is 5.75 Å². The molecule has 3 heteroatoms. The zero-order valence-electron chi connectivity index (χ0n) is 11.5. The Morgan fingerprint density at radius 3 is 3.11 bits per heavy atom. The Labute approximate surface area is 109 Å². The smallest absolute Gasteiger partial charge is 0.126 e. The van der Waals surface area contributed by atoms with Crippen molar-refractivity contribution in [3.63, 3.8) is 0 Å². The third-order valence-corrected chi connectivity index (χ3v) is 3.56. The number of hydrogen-bond acceptors (Lipinski definition) is 3. The number of benzene rings is 1. The second-order valence-corrected chi connectivity index (χ2v) is 4.99. The van der Waals surface area contributed by atoms with E-state index in [0.29, 0.717) is 6.04 Å². The quantitative estimate of drug-likeness (QED) is 0.890. The van der Waals surface area contributed by atoms with E-state index in [0.717, 1.165) is 31.7 Å². The summed E-state index contributed by atoms with van der Waals surface area (Å²) in [6, 6.07) is 6.76. The van der Waals surface area contributed by atoms with E-state index in [2.05, 4.69) is 37.4 Å². The van der Waals surface area contributed by atoms with Gasteiger partial charge in [-0.05, 0) is 32.3 Å². The minimum absolute atomic E-state index is 0.238. The molecule has 3 nitrogen and oxygen atoms in total. The molecule has 1 aliphatic heterocycles. The van der Waals surface area contributed by atoms with E-state index in [1.165, 1.54) is 11.1 Å². The highest BCUT2D eigenvalue weighted by Crippen LogP contribution is 2.33. The van der Waals surface area contributed by atoms with Crippen LogP contribution in [0.1, 0.15) is 36.9 Å². The van der Waals surface area contributed by atoms with Crippen LogP contribution in [-0.2, 0) is 4.74 Å². The number of para-hydroxylation sites is 1. The van der Waals surface area contributed by atoms with E-state index in [-0.39, 0.29) is 6.10 Å². The standard InChI is InChI=1S/C15H23NO2/c1-11-6-4-7-13-14(16-10-12(2)17-3)8-5-9-18-15(11)13/h4,6-7,12,14,16H,5,8-10H2,1-3H3. The highest BCUT2D eigenvalue weighted by molar-refractivity contribution is 5.43. The fraction of sp³-hybridized carbons (Fsp3) is 0.600. The summed E-state index contributed by atoms with van der Waals surface area (Å²) >= 11 is 0. The molecule has 100 valence electrons. The molecule has 0 bridgehead atoms. The summed E-state index contributed by atoms with van der Waals surface area (Å²) in [5.41, 5.74) is 2.51. The molecule has 1 aliphatic rings. The molecular formula is C15H23NO2. The molecule has 0 spiro atoms. The van der Waals surface area contributed by atoms with Crippen LogP contribution in [0.3, 0.4) is 0 Å². The van der Waals surface area contributed by atoms with Gasteiger partial charge in [-0.3, -0.25) is 0 Å². The third kappa shape index (κ3) is 3.03. The van der Waals surface area contributed by atoms with Crippen molar-refractivity contribution in [2.24, 2.45) is 0 Å². The van der Waals surface area contributed by atoms with Gasteiger partial charge >= 0.3 is 0 Å². The largest absolute Gasteiger partial charge is 0.493 e. The van der Waals surface area contributed by atoms with Gasteiger partial charge < -0.3 is 14.8 Å². The van der Waals surface area contributed by atoms with Gasteiger partial charge in [0.15, 0.2) is 0 Å². The molecule has 2 atom stereocenters. The van der Waals surface area contributed by atoms with Crippen LogP contribution in [0.2, 0.25) is 0 Å². The van der Waals surface area contributed by atoms with Crippen LogP contribution >= 0.6 is 0 Å². The topological polar surface area (TPSA) is 30.5 Å². The number of fused-ring (bicyclic) bond motifs is 1. The minimum Gasteiger partial charge on any atom is -0.493 e. The Bertz CT molecular complexity index is 392. The molecule has 0 radical (unpaired) electrons. The first-order valence-corrected chi connectivity index (χ1v) is 6.71. The van der Waals surface area contributed by atoms with Crippen LogP contribution in [0.4, 0.5) is 0 Å². The monoisotopic (exact) mass is 249 g/mol. The summed E-state index contributed by atoms with van der Waals surface area (Å²) in [6.45, 7) is 5.88. The molecule has 1 heterocycles. The zero-order chi connectivity index (χ0) is 13.0. The van der Waals surface area contributed by atoms with Gasteiger partial charge in [0.05, 0.1) is 12.7 Å². The first kappa shape index (κ1) is 13.4. The molecule has 1 N–H and O–H groups in total. The summed E-state index contributed by atoms with van der Waals surface area (Å²) < 4.78 is 11.2. The van der Waals surface area contributed by atoms with Crippen molar-refractivity contribution in [2.75, 3.05) is 20.3 Å². The average Bonchev–Trinajstić information content (AvgIpc) is 2.59. The van der Waals surface area contributed by atoms with Gasteiger partial charge in [0, 0.05) is 25.3 Å². The maximum atomic E-state index is 5.87. The van der Waals surface area contributed by atoms with Crippen LogP contribution in [0, 0.1) is 6.92 Å². The van der Waals surface area contributed by atoms with Gasteiger partial charge in [-0.2, -0.15) is 0 Å². The van der Waals surface area contributed by atoms with Crippen molar-refractivity contribution >= 4 is 0 Å². The maximum Gasteiger partial charge on any atom is 0.126 e. The molecule has 0 aromatic heterocycles. The fourth-order valence-electron chi connectivity index (χ4n) is 2.37. The van der Waals surface area contributed by atoms with Crippen LogP contribution in [-0.4, -0.2) is 26.4 Å². The molecule has 1 aromatic carbocycles. The van der Waals surface area contributed by atoms with Gasteiger partial charge in [0.25, 0.3) is 0 Å². The van der Waals surface area contributed by atoms with Crippen molar-refractivity contribution in [1.29, 1.82) is 0 Å². The third-order valence-electron chi connectivity index (χ3n) is 3.56. The SMILES string of the molecule is COC(C)CNC1CCCOc2c(C)cccc21. The van der Waals surface area contributed by atoms with Crippen molar-refractivity contribution in [2.45, 2.75) is 38.8 Å². The van der Waals surface area contributed by atoms with Crippen molar-refractivity contribution < 1.29 is 9.47 Å². The van der Waals surface area contributed by atoms with Crippen molar-refractivity contribution in [3.05, 3.63) is 29.3 Å². The van der Waals surface area contributed by atoms with Crippen LogP contribution in [0.15, 0.2) is 18.2 Å². The van der Waals surface area contributed by atoms with Gasteiger partial charge in [-0.1, -0.05) is 18.2 Å². The molecule has 2 unspecified atom stereocenters. The lowest BCUT2D eigenvalue weighted by Crippen LogP contribution is -2.29. The normalized spacial score (nSPS) is 20.7. The zero-order valence-corrected chi connectivity index (χ0v) is 11.5. The van der Waals surface area contributed by atoms with Crippen LogP contribution in [0.25, 0.3) is 0 Å². The lowest BCUT2D eigenvalue weighted by atomic mass is 9.99. The highest BCUT2D eigenvalue weighted by Gasteiger charge is 2.20. The number of aryl methyl sites for hydroxylation is 1. The Morgan fingerprint density at radius 1 is 1.50 bits per heavy atom. The van der Waals surface area contributed by atoms with E-state index >= 15 is 0 Å². The Hall–Kier alpha value is -1.06. The van der Waals surface area contributed by atoms with Crippen molar-refractivity contribution in [3.8, 4) is 5.75 Å². The van der Waals surface area contributed by atoms with Gasteiger partial charge in [-0.25, -0.2) is 0 Å². The number of nitrogens with one attached hydrogen (secondary N) is 1. The number of hydrogen-bond donors (Lipinski definition) is 1. The summed E-state index contributed by atoms with van der Waals surface area (Å²) in [4.78, 5) is 0. The molecule has 0 aliphatic carbocycles. The lowest BCUT2D eigenvalue weighted by molar-refractivity contribution is 0.114. The molecule has 18 heavy (non-hydrogen) atoms. The highest BCUT2D eigenvalue weighted by atomic mass is 16.5. The first-order chi connectivity index (χ1) is 8.72. The van der Waals surface area contributed by atoms with E-state index in [1.807, 2.05) is 0 Å². The summed E-state index contributed by atoms with van der Waals surface area (Å²) in [6.07, 6.45) is 2.45. The molecular weight excluding hydrogens is 226 g/mol. The molecule has 1 aromatic rings. The predicted octanol–water partition coefficient (Wildman–Crippen LogP) is 2.83. The molecule has 2 rings (SSSR count). The fourth-order valence-corrected chi connectivity index (χ4v) is 2.37. The lowest BCUT2D eigenvalue weighted by Gasteiger charge is -2.21.